The van der Waals surface area contributed by atoms with Crippen LogP contribution < -0.4 is 5.32 Å². The van der Waals surface area contributed by atoms with Gasteiger partial charge in [0.1, 0.15) is 5.69 Å². The molecule has 4 heterocycles. The number of carbonyl (C=O) groups is 1. The van der Waals surface area contributed by atoms with Crippen molar-refractivity contribution in [1.29, 1.82) is 0 Å². The fraction of sp³-hybridized carbons (Fsp3) is 0.333. The van der Waals surface area contributed by atoms with Gasteiger partial charge in [0.05, 0.1) is 32.2 Å². The molecule has 0 radical (unpaired) electrons. The highest BCUT2D eigenvalue weighted by atomic mass is 32.2. The SMILES string of the molecule is CC(Sc1nc(-c2cccs2)c(-c2cccs2)[nH]1)C(=O)NC1CCS(=O)(=O)C1. The van der Waals surface area contributed by atoms with Crippen molar-refractivity contribution in [3.63, 3.8) is 0 Å². The van der Waals surface area contributed by atoms with Gasteiger partial charge in [0.2, 0.25) is 5.91 Å². The standard InChI is InChI=1S/C18H19N3O3S4/c1-11(17(22)19-12-6-9-28(23,24)10-12)27-18-20-15(13-4-2-7-25-13)16(21-18)14-5-3-8-26-14/h2-5,7-8,11-12H,6,9-10H2,1H3,(H,19,22)(H,20,21). The number of nitrogens with zero attached hydrogens (tertiary/aromatic N) is 1. The normalized spacial score (nSPS) is 19.5. The first-order chi connectivity index (χ1) is 13.4. The second-order valence-electron chi connectivity index (χ2n) is 6.59. The summed E-state index contributed by atoms with van der Waals surface area (Å²) < 4.78 is 23.2. The van der Waals surface area contributed by atoms with Gasteiger partial charge in [0.15, 0.2) is 15.0 Å². The molecule has 3 aromatic rings. The van der Waals surface area contributed by atoms with Crippen molar-refractivity contribution in [2.75, 3.05) is 11.5 Å². The molecule has 1 aliphatic rings. The predicted octanol–water partition coefficient (Wildman–Crippen LogP) is 3.65. The number of sulfone groups is 1. The molecule has 0 bridgehead atoms. The predicted molar refractivity (Wildman–Crippen MR) is 116 cm³/mol. The Bertz CT molecular complexity index is 1000. The molecule has 148 valence electrons. The largest absolute Gasteiger partial charge is 0.351 e. The van der Waals surface area contributed by atoms with Crippen LogP contribution >= 0.6 is 34.4 Å². The van der Waals surface area contributed by atoms with Crippen LogP contribution in [0, 0.1) is 0 Å². The van der Waals surface area contributed by atoms with Crippen LogP contribution in [0.4, 0.5) is 0 Å². The van der Waals surface area contributed by atoms with E-state index in [1.165, 1.54) is 11.8 Å². The summed E-state index contributed by atoms with van der Waals surface area (Å²) in [4.78, 5) is 22.8. The second-order valence-corrected chi connectivity index (χ2v) is 12.0. The first-order valence-corrected chi connectivity index (χ1v) is 13.2. The summed E-state index contributed by atoms with van der Waals surface area (Å²) in [5.74, 6) is 0.00680. The van der Waals surface area contributed by atoms with Gasteiger partial charge < -0.3 is 10.3 Å². The van der Waals surface area contributed by atoms with Crippen LogP contribution in [-0.2, 0) is 14.6 Å². The molecular weight excluding hydrogens is 434 g/mol. The first kappa shape index (κ1) is 19.7. The lowest BCUT2D eigenvalue weighted by molar-refractivity contribution is -0.120. The molecule has 3 aromatic heterocycles. The number of H-pyrrole nitrogens is 1. The number of thiophene rings is 2. The molecule has 1 fully saturated rings. The Morgan fingerprint density at radius 1 is 1.29 bits per heavy atom. The molecule has 0 aromatic carbocycles. The van der Waals surface area contributed by atoms with Gasteiger partial charge in [-0.25, -0.2) is 13.4 Å². The number of thioether (sulfide) groups is 1. The van der Waals surface area contributed by atoms with Gasteiger partial charge in [-0.2, -0.15) is 0 Å². The fourth-order valence-corrected chi connectivity index (χ4v) is 6.98. The zero-order chi connectivity index (χ0) is 19.7. The number of hydrogen-bond acceptors (Lipinski definition) is 7. The maximum absolute atomic E-state index is 12.5. The summed E-state index contributed by atoms with van der Waals surface area (Å²) >= 11 is 4.60. The number of aromatic amines is 1. The van der Waals surface area contributed by atoms with Gasteiger partial charge in [-0.3, -0.25) is 4.79 Å². The van der Waals surface area contributed by atoms with Crippen LogP contribution in [0.3, 0.4) is 0 Å². The minimum Gasteiger partial charge on any atom is -0.351 e. The van der Waals surface area contributed by atoms with E-state index in [-0.39, 0.29) is 28.7 Å². The molecule has 2 unspecified atom stereocenters. The molecule has 1 aliphatic heterocycles. The van der Waals surface area contributed by atoms with Crippen LogP contribution in [0.5, 0.6) is 0 Å². The lowest BCUT2D eigenvalue weighted by atomic mass is 10.2. The number of amides is 1. The number of imidazole rings is 1. The highest BCUT2D eigenvalue weighted by molar-refractivity contribution is 8.00. The second kappa shape index (κ2) is 8.02. The smallest absolute Gasteiger partial charge is 0.233 e. The first-order valence-electron chi connectivity index (χ1n) is 8.76. The summed E-state index contributed by atoms with van der Waals surface area (Å²) in [6, 6.07) is 7.77. The number of carbonyl (C=O) groups excluding carboxylic acids is 1. The molecule has 2 N–H and O–H groups in total. The Balaban J connectivity index is 1.50. The Kier molecular flexibility index (Phi) is 5.64. The number of aromatic nitrogens is 2. The molecule has 10 heteroatoms. The van der Waals surface area contributed by atoms with Crippen molar-refractivity contribution in [3.8, 4) is 21.1 Å². The Labute approximate surface area is 175 Å². The quantitative estimate of drug-likeness (QED) is 0.556. The van der Waals surface area contributed by atoms with Crippen LogP contribution in [0.25, 0.3) is 21.1 Å². The van der Waals surface area contributed by atoms with E-state index >= 15 is 0 Å². The number of hydrogen-bond donors (Lipinski definition) is 2. The maximum atomic E-state index is 12.5. The molecule has 0 aliphatic carbocycles. The van der Waals surface area contributed by atoms with Gasteiger partial charge >= 0.3 is 0 Å². The monoisotopic (exact) mass is 453 g/mol. The average Bonchev–Trinajstić information content (AvgIpc) is 3.41. The molecule has 2 atom stereocenters. The van der Waals surface area contributed by atoms with E-state index in [9.17, 15) is 13.2 Å². The van der Waals surface area contributed by atoms with Crippen LogP contribution in [0.15, 0.2) is 40.2 Å². The van der Waals surface area contributed by atoms with Crippen molar-refractivity contribution < 1.29 is 13.2 Å². The van der Waals surface area contributed by atoms with E-state index in [4.69, 9.17) is 4.98 Å². The Morgan fingerprint density at radius 2 is 2.00 bits per heavy atom. The van der Waals surface area contributed by atoms with Crippen LogP contribution in [-0.4, -0.2) is 47.1 Å². The topological polar surface area (TPSA) is 91.9 Å². The maximum Gasteiger partial charge on any atom is 0.233 e. The molecule has 4 rings (SSSR count). The van der Waals surface area contributed by atoms with E-state index in [0.717, 1.165) is 21.1 Å². The summed E-state index contributed by atoms with van der Waals surface area (Å²) in [5, 5.41) is 7.18. The van der Waals surface area contributed by atoms with Crippen LogP contribution in [0.1, 0.15) is 13.3 Å². The molecular formula is C18H19N3O3S4. The molecule has 0 saturated carbocycles. The minimum absolute atomic E-state index is 0.0297. The highest BCUT2D eigenvalue weighted by Crippen LogP contribution is 2.37. The van der Waals surface area contributed by atoms with E-state index in [1.54, 1.807) is 22.7 Å². The molecule has 6 nitrogen and oxygen atoms in total. The van der Waals surface area contributed by atoms with Gasteiger partial charge in [0, 0.05) is 6.04 Å². The molecule has 1 saturated heterocycles. The van der Waals surface area contributed by atoms with Gasteiger partial charge in [-0.15, -0.1) is 22.7 Å². The van der Waals surface area contributed by atoms with E-state index in [1.807, 2.05) is 41.9 Å². The van der Waals surface area contributed by atoms with E-state index in [2.05, 4.69) is 10.3 Å². The zero-order valence-electron chi connectivity index (χ0n) is 15.0. The van der Waals surface area contributed by atoms with Crippen molar-refractivity contribution >= 4 is 50.2 Å². The number of rotatable bonds is 6. The van der Waals surface area contributed by atoms with Gasteiger partial charge in [-0.1, -0.05) is 23.9 Å². The highest BCUT2D eigenvalue weighted by Gasteiger charge is 2.30. The Morgan fingerprint density at radius 3 is 2.61 bits per heavy atom. The third-order valence-corrected chi connectivity index (χ3v) is 8.96. The lowest BCUT2D eigenvalue weighted by Gasteiger charge is -2.14. The summed E-state index contributed by atoms with van der Waals surface area (Å²) in [5.41, 5.74) is 1.84. The third-order valence-electron chi connectivity index (χ3n) is 4.44. The average molecular weight is 454 g/mol. The van der Waals surface area contributed by atoms with Crippen LogP contribution in [0.2, 0.25) is 0 Å². The summed E-state index contributed by atoms with van der Waals surface area (Å²) in [7, 11) is -3.02. The van der Waals surface area contributed by atoms with Crippen molar-refractivity contribution in [2.45, 2.75) is 29.8 Å². The van der Waals surface area contributed by atoms with Crippen molar-refractivity contribution in [2.24, 2.45) is 0 Å². The lowest BCUT2D eigenvalue weighted by Crippen LogP contribution is -2.39. The number of nitrogens with one attached hydrogen (secondary N) is 2. The molecule has 1 amide bonds. The summed E-state index contributed by atoms with van der Waals surface area (Å²) in [6.45, 7) is 1.81. The molecule has 0 spiro atoms. The zero-order valence-corrected chi connectivity index (χ0v) is 18.3. The van der Waals surface area contributed by atoms with Gasteiger partial charge in [0.25, 0.3) is 0 Å². The minimum atomic E-state index is -3.02. The third kappa shape index (κ3) is 4.35. The van der Waals surface area contributed by atoms with E-state index in [0.29, 0.717) is 11.6 Å². The van der Waals surface area contributed by atoms with Crippen molar-refractivity contribution in [1.82, 2.24) is 15.3 Å². The molecule has 28 heavy (non-hydrogen) atoms. The van der Waals surface area contributed by atoms with Crippen molar-refractivity contribution in [3.05, 3.63) is 35.0 Å². The Hall–Kier alpha value is -1.62. The van der Waals surface area contributed by atoms with Gasteiger partial charge in [-0.05, 0) is 36.2 Å². The van der Waals surface area contributed by atoms with E-state index < -0.39 is 9.84 Å². The summed E-state index contributed by atoms with van der Waals surface area (Å²) in [6.07, 6.45) is 0.483. The fourth-order valence-electron chi connectivity index (χ4n) is 3.05.